The van der Waals surface area contributed by atoms with Gasteiger partial charge in [-0.15, -0.1) is 0 Å². The predicted octanol–water partition coefficient (Wildman–Crippen LogP) is -0.0196. The molecule has 1 unspecified atom stereocenters. The first-order valence-electron chi connectivity index (χ1n) is 6.34. The third kappa shape index (κ3) is 5.01. The molecule has 1 atom stereocenters. The van der Waals surface area contributed by atoms with Crippen LogP contribution >= 0.6 is 0 Å². The van der Waals surface area contributed by atoms with Gasteiger partial charge in [0.25, 0.3) is 0 Å². The number of hydrogen-bond donors (Lipinski definition) is 3. The minimum absolute atomic E-state index is 0.0342. The smallest absolute Gasteiger partial charge is 0.320 e. The molecule has 0 radical (unpaired) electrons. The van der Waals surface area contributed by atoms with Crippen molar-refractivity contribution in [1.82, 2.24) is 10.6 Å². The van der Waals surface area contributed by atoms with E-state index < -0.39 is 12.0 Å². The second kappa shape index (κ2) is 7.33. The molecule has 0 spiro atoms. The number of carbonyl (C=O) groups excluding carboxylic acids is 1. The van der Waals surface area contributed by atoms with Crippen LogP contribution in [0.25, 0.3) is 0 Å². The average Bonchev–Trinajstić information content (AvgIpc) is 2.29. The normalized spacial score (nSPS) is 18.6. The number of carboxylic acid groups (broad SMARTS) is 1. The monoisotopic (exact) mass is 258 g/mol. The van der Waals surface area contributed by atoms with E-state index in [0.717, 1.165) is 12.8 Å². The summed E-state index contributed by atoms with van der Waals surface area (Å²) in [6.45, 7) is 4.99. The number of nitrogens with one attached hydrogen (secondary N) is 2. The summed E-state index contributed by atoms with van der Waals surface area (Å²) in [6.07, 6.45) is 1.64. The second-order valence-corrected chi connectivity index (χ2v) is 4.89. The molecule has 1 aliphatic heterocycles. The first-order valence-corrected chi connectivity index (χ1v) is 6.34. The zero-order valence-corrected chi connectivity index (χ0v) is 10.9. The van der Waals surface area contributed by atoms with Gasteiger partial charge in [0.2, 0.25) is 5.91 Å². The second-order valence-electron chi connectivity index (χ2n) is 4.89. The Morgan fingerprint density at radius 1 is 1.33 bits per heavy atom. The van der Waals surface area contributed by atoms with E-state index in [1.54, 1.807) is 0 Å². The first kappa shape index (κ1) is 14.9. The molecule has 6 heteroatoms. The average molecular weight is 258 g/mol. The Balaban J connectivity index is 2.28. The molecule has 0 aromatic heterocycles. The summed E-state index contributed by atoms with van der Waals surface area (Å²) >= 11 is 0. The van der Waals surface area contributed by atoms with Crippen molar-refractivity contribution in [3.8, 4) is 0 Å². The van der Waals surface area contributed by atoms with Gasteiger partial charge in [0.1, 0.15) is 6.04 Å². The Hall–Kier alpha value is -1.14. The third-order valence-corrected chi connectivity index (χ3v) is 3.00. The fourth-order valence-corrected chi connectivity index (χ4v) is 1.93. The molecule has 1 heterocycles. The summed E-state index contributed by atoms with van der Waals surface area (Å²) in [6, 6.07) is -0.541. The molecule has 1 fully saturated rings. The lowest BCUT2D eigenvalue weighted by Gasteiger charge is -2.24. The van der Waals surface area contributed by atoms with Crippen molar-refractivity contribution in [3.05, 3.63) is 0 Å². The summed E-state index contributed by atoms with van der Waals surface area (Å²) in [5, 5.41) is 14.6. The van der Waals surface area contributed by atoms with Crippen LogP contribution < -0.4 is 10.6 Å². The van der Waals surface area contributed by atoms with Gasteiger partial charge in [-0.1, -0.05) is 13.8 Å². The van der Waals surface area contributed by atoms with E-state index in [-0.39, 0.29) is 24.4 Å². The van der Waals surface area contributed by atoms with E-state index in [2.05, 4.69) is 10.6 Å². The highest BCUT2D eigenvalue weighted by atomic mass is 16.5. The number of amides is 1. The highest BCUT2D eigenvalue weighted by molar-refractivity contribution is 5.80. The quantitative estimate of drug-likeness (QED) is 0.623. The van der Waals surface area contributed by atoms with E-state index in [1.165, 1.54) is 0 Å². The molecular weight excluding hydrogens is 236 g/mol. The summed E-state index contributed by atoms with van der Waals surface area (Å²) in [5.41, 5.74) is 0. The number of ether oxygens (including phenoxy) is 1. The van der Waals surface area contributed by atoms with Crippen LogP contribution in [0, 0.1) is 5.92 Å². The van der Waals surface area contributed by atoms with Crippen LogP contribution in [-0.2, 0) is 14.3 Å². The maximum atomic E-state index is 11.7. The highest BCUT2D eigenvalue weighted by Crippen LogP contribution is 2.06. The van der Waals surface area contributed by atoms with Crippen LogP contribution in [0.3, 0.4) is 0 Å². The molecule has 18 heavy (non-hydrogen) atoms. The number of carboxylic acids is 1. The molecule has 1 amide bonds. The Kier molecular flexibility index (Phi) is 6.07. The largest absolute Gasteiger partial charge is 0.480 e. The van der Waals surface area contributed by atoms with Crippen LogP contribution in [0.15, 0.2) is 0 Å². The van der Waals surface area contributed by atoms with E-state index in [1.807, 2.05) is 13.8 Å². The van der Waals surface area contributed by atoms with Crippen LogP contribution in [-0.4, -0.2) is 48.8 Å². The molecule has 0 aliphatic carbocycles. The Morgan fingerprint density at radius 3 is 2.44 bits per heavy atom. The molecule has 0 aromatic rings. The Bertz CT molecular complexity index is 288. The molecule has 1 aliphatic rings. The molecular formula is C12H22N2O4. The minimum Gasteiger partial charge on any atom is -0.480 e. The van der Waals surface area contributed by atoms with Crippen molar-refractivity contribution in [2.24, 2.45) is 5.92 Å². The van der Waals surface area contributed by atoms with Crippen molar-refractivity contribution in [3.63, 3.8) is 0 Å². The fraction of sp³-hybridized carbons (Fsp3) is 0.833. The lowest BCUT2D eigenvalue weighted by atomic mass is 10.0. The van der Waals surface area contributed by atoms with E-state index in [4.69, 9.17) is 9.84 Å². The fourth-order valence-electron chi connectivity index (χ4n) is 1.93. The van der Waals surface area contributed by atoms with Crippen molar-refractivity contribution in [1.29, 1.82) is 0 Å². The van der Waals surface area contributed by atoms with Gasteiger partial charge in [-0.25, -0.2) is 0 Å². The van der Waals surface area contributed by atoms with Crippen LogP contribution in [0.1, 0.15) is 26.7 Å². The molecule has 104 valence electrons. The van der Waals surface area contributed by atoms with E-state index in [0.29, 0.717) is 13.2 Å². The lowest BCUT2D eigenvalue weighted by molar-refractivity contribution is -0.140. The van der Waals surface area contributed by atoms with E-state index in [9.17, 15) is 9.59 Å². The number of aliphatic carboxylic acids is 1. The van der Waals surface area contributed by atoms with Crippen LogP contribution in [0.5, 0.6) is 0 Å². The summed E-state index contributed by atoms with van der Waals surface area (Å²) < 4.78 is 5.20. The summed E-state index contributed by atoms with van der Waals surface area (Å²) in [7, 11) is 0. The SMILES string of the molecule is CC(C)C(NCC(=O)NC1CCOCC1)C(=O)O. The van der Waals surface area contributed by atoms with Crippen molar-refractivity contribution in [2.45, 2.75) is 38.8 Å². The van der Waals surface area contributed by atoms with Gasteiger partial charge in [0.05, 0.1) is 6.54 Å². The molecule has 0 bridgehead atoms. The van der Waals surface area contributed by atoms with Crippen molar-refractivity contribution in [2.75, 3.05) is 19.8 Å². The maximum absolute atomic E-state index is 11.7. The Labute approximate surface area is 107 Å². The molecule has 3 N–H and O–H groups in total. The lowest BCUT2D eigenvalue weighted by Crippen LogP contribution is -2.48. The van der Waals surface area contributed by atoms with Gasteiger partial charge in [0.15, 0.2) is 0 Å². The van der Waals surface area contributed by atoms with Crippen LogP contribution in [0.2, 0.25) is 0 Å². The predicted molar refractivity (Wildman–Crippen MR) is 66.2 cm³/mol. The number of hydrogen-bond acceptors (Lipinski definition) is 4. The zero-order valence-electron chi connectivity index (χ0n) is 10.9. The van der Waals surface area contributed by atoms with Gasteiger partial charge in [0, 0.05) is 19.3 Å². The van der Waals surface area contributed by atoms with Gasteiger partial charge >= 0.3 is 5.97 Å². The molecule has 0 saturated carbocycles. The highest BCUT2D eigenvalue weighted by Gasteiger charge is 2.22. The minimum atomic E-state index is -0.927. The maximum Gasteiger partial charge on any atom is 0.320 e. The number of rotatable bonds is 6. The van der Waals surface area contributed by atoms with Gasteiger partial charge in [-0.2, -0.15) is 0 Å². The number of carbonyl (C=O) groups is 2. The molecule has 6 nitrogen and oxygen atoms in total. The summed E-state index contributed by atoms with van der Waals surface area (Å²) in [5.74, 6) is -1.14. The third-order valence-electron chi connectivity index (χ3n) is 3.00. The van der Waals surface area contributed by atoms with Crippen molar-refractivity contribution < 1.29 is 19.4 Å². The zero-order chi connectivity index (χ0) is 13.5. The standard InChI is InChI=1S/C12H22N2O4/c1-8(2)11(12(16)17)13-7-10(15)14-9-3-5-18-6-4-9/h8-9,11,13H,3-7H2,1-2H3,(H,14,15)(H,16,17). The van der Waals surface area contributed by atoms with E-state index >= 15 is 0 Å². The molecule has 1 rings (SSSR count). The topological polar surface area (TPSA) is 87.7 Å². The summed E-state index contributed by atoms with van der Waals surface area (Å²) in [4.78, 5) is 22.6. The molecule has 1 saturated heterocycles. The van der Waals surface area contributed by atoms with Gasteiger partial charge < -0.3 is 15.2 Å². The van der Waals surface area contributed by atoms with Gasteiger partial charge in [-0.3, -0.25) is 14.9 Å². The van der Waals surface area contributed by atoms with Gasteiger partial charge in [-0.05, 0) is 18.8 Å². The van der Waals surface area contributed by atoms with Crippen LogP contribution in [0.4, 0.5) is 0 Å². The van der Waals surface area contributed by atoms with Crippen molar-refractivity contribution >= 4 is 11.9 Å². The molecule has 0 aromatic carbocycles. The first-order chi connectivity index (χ1) is 8.50. The Morgan fingerprint density at radius 2 is 1.94 bits per heavy atom.